The van der Waals surface area contributed by atoms with Gasteiger partial charge >= 0.3 is 0 Å². The Balaban J connectivity index is 1.64. The van der Waals surface area contributed by atoms with Crippen molar-refractivity contribution < 1.29 is 5.11 Å². The first-order chi connectivity index (χ1) is 7.74. The smallest absolute Gasteiger partial charge is 0.188 e. The van der Waals surface area contributed by atoms with Crippen molar-refractivity contribution >= 4 is 0 Å². The fourth-order valence-corrected chi connectivity index (χ4v) is 2.13. The highest BCUT2D eigenvalue weighted by atomic mass is 16.3. The van der Waals surface area contributed by atoms with Crippen molar-refractivity contribution in [2.24, 2.45) is 13.0 Å². The van der Waals surface area contributed by atoms with Crippen LogP contribution in [0.3, 0.4) is 0 Å². The number of aliphatic hydroxyl groups excluding tert-OH is 1. The van der Waals surface area contributed by atoms with Gasteiger partial charge < -0.3 is 10.4 Å². The molecule has 1 heterocycles. The van der Waals surface area contributed by atoms with E-state index in [0.717, 1.165) is 38.1 Å². The van der Waals surface area contributed by atoms with Crippen LogP contribution in [0.25, 0.3) is 0 Å². The van der Waals surface area contributed by atoms with Crippen LogP contribution in [0, 0.1) is 5.92 Å². The van der Waals surface area contributed by atoms with E-state index in [9.17, 15) is 5.11 Å². The molecule has 0 atom stereocenters. The van der Waals surface area contributed by atoms with Crippen molar-refractivity contribution in [3.05, 3.63) is 5.82 Å². The molecule has 90 valence electrons. The minimum absolute atomic E-state index is 0.0714. The summed E-state index contributed by atoms with van der Waals surface area (Å²) in [4.78, 5) is 1.47. The fourth-order valence-electron chi connectivity index (χ4n) is 2.13. The molecule has 1 fully saturated rings. The van der Waals surface area contributed by atoms with E-state index in [1.54, 1.807) is 7.05 Å². The van der Waals surface area contributed by atoms with E-state index in [4.69, 9.17) is 0 Å². The monoisotopic (exact) mass is 225 g/mol. The number of hydrogen-bond acceptors (Lipinski definition) is 5. The van der Waals surface area contributed by atoms with Crippen LogP contribution in [0.1, 0.15) is 31.5 Å². The molecule has 0 bridgehead atoms. The highest BCUT2D eigenvalue weighted by Crippen LogP contribution is 2.23. The minimum atomic E-state index is -0.0714. The Morgan fingerprint density at radius 1 is 1.38 bits per heavy atom. The molecule has 0 aromatic carbocycles. The van der Waals surface area contributed by atoms with Gasteiger partial charge in [0.15, 0.2) is 5.82 Å². The van der Waals surface area contributed by atoms with E-state index in [1.165, 1.54) is 4.80 Å². The summed E-state index contributed by atoms with van der Waals surface area (Å²) in [6.07, 6.45) is 4.04. The van der Waals surface area contributed by atoms with E-state index in [0.29, 0.717) is 12.5 Å². The van der Waals surface area contributed by atoms with Gasteiger partial charge in [0.1, 0.15) is 0 Å². The van der Waals surface area contributed by atoms with Gasteiger partial charge in [-0.2, -0.15) is 4.80 Å². The second-order valence-electron chi connectivity index (χ2n) is 4.50. The average Bonchev–Trinajstić information content (AvgIpc) is 2.67. The first-order valence-corrected chi connectivity index (χ1v) is 5.85. The predicted molar refractivity (Wildman–Crippen MR) is 58.5 cm³/mol. The maximum absolute atomic E-state index is 9.38. The van der Waals surface area contributed by atoms with Crippen LogP contribution in [-0.4, -0.2) is 38.0 Å². The standard InChI is InChI=1S/C10H19N5O/c1-15-13-10(12-14-15)7-11-6-8-2-4-9(16)5-3-8/h8-9,11,16H,2-7H2,1H3. The van der Waals surface area contributed by atoms with E-state index in [2.05, 4.69) is 20.7 Å². The highest BCUT2D eigenvalue weighted by Gasteiger charge is 2.18. The number of nitrogens with one attached hydrogen (secondary N) is 1. The van der Waals surface area contributed by atoms with E-state index >= 15 is 0 Å². The Kier molecular flexibility index (Phi) is 3.84. The lowest BCUT2D eigenvalue weighted by Gasteiger charge is -2.25. The molecule has 1 aromatic rings. The highest BCUT2D eigenvalue weighted by molar-refractivity contribution is 4.77. The average molecular weight is 225 g/mol. The van der Waals surface area contributed by atoms with Crippen LogP contribution in [0.15, 0.2) is 0 Å². The molecule has 1 aromatic heterocycles. The summed E-state index contributed by atoms with van der Waals surface area (Å²) in [5, 5.41) is 24.5. The summed E-state index contributed by atoms with van der Waals surface area (Å²) in [6, 6.07) is 0. The van der Waals surface area contributed by atoms with Crippen LogP contribution >= 0.6 is 0 Å². The van der Waals surface area contributed by atoms with Crippen molar-refractivity contribution in [2.45, 2.75) is 38.3 Å². The summed E-state index contributed by atoms with van der Waals surface area (Å²) in [5.41, 5.74) is 0. The van der Waals surface area contributed by atoms with Gasteiger partial charge in [-0.05, 0) is 43.4 Å². The predicted octanol–water partition coefficient (Wildman–Crippen LogP) is -0.149. The van der Waals surface area contributed by atoms with Crippen LogP contribution in [0.4, 0.5) is 0 Å². The number of aromatic nitrogens is 4. The van der Waals surface area contributed by atoms with Crippen LogP contribution in [-0.2, 0) is 13.6 Å². The molecule has 0 spiro atoms. The lowest BCUT2D eigenvalue weighted by Crippen LogP contribution is -2.28. The molecule has 16 heavy (non-hydrogen) atoms. The van der Waals surface area contributed by atoms with Gasteiger partial charge in [-0.15, -0.1) is 10.2 Å². The first-order valence-electron chi connectivity index (χ1n) is 5.85. The maximum Gasteiger partial charge on any atom is 0.188 e. The molecule has 0 saturated heterocycles. The number of tetrazole rings is 1. The molecule has 0 aliphatic heterocycles. The van der Waals surface area contributed by atoms with Crippen LogP contribution < -0.4 is 5.32 Å². The number of nitrogens with zero attached hydrogens (tertiary/aromatic N) is 4. The van der Waals surface area contributed by atoms with E-state index in [1.807, 2.05) is 0 Å². The summed E-state index contributed by atoms with van der Waals surface area (Å²) >= 11 is 0. The third-order valence-corrected chi connectivity index (χ3v) is 3.08. The largest absolute Gasteiger partial charge is 0.393 e. The van der Waals surface area contributed by atoms with Crippen molar-refractivity contribution in [1.82, 2.24) is 25.5 Å². The number of rotatable bonds is 4. The first kappa shape index (κ1) is 11.5. The fraction of sp³-hybridized carbons (Fsp3) is 0.900. The summed E-state index contributed by atoms with van der Waals surface area (Å²) < 4.78 is 0. The Hall–Kier alpha value is -1.01. The number of aryl methyl sites for hydroxylation is 1. The lowest BCUT2D eigenvalue weighted by atomic mass is 9.87. The zero-order valence-electron chi connectivity index (χ0n) is 9.63. The summed E-state index contributed by atoms with van der Waals surface area (Å²) in [6.45, 7) is 1.65. The Morgan fingerprint density at radius 3 is 2.75 bits per heavy atom. The zero-order valence-corrected chi connectivity index (χ0v) is 9.63. The van der Waals surface area contributed by atoms with Crippen molar-refractivity contribution in [1.29, 1.82) is 0 Å². The van der Waals surface area contributed by atoms with Crippen molar-refractivity contribution in [2.75, 3.05) is 6.54 Å². The van der Waals surface area contributed by atoms with Crippen molar-refractivity contribution in [3.63, 3.8) is 0 Å². The molecule has 6 heteroatoms. The molecular weight excluding hydrogens is 206 g/mol. The molecule has 0 amide bonds. The van der Waals surface area contributed by atoms with Crippen LogP contribution in [0.2, 0.25) is 0 Å². The van der Waals surface area contributed by atoms with Gasteiger partial charge in [0.05, 0.1) is 19.7 Å². The molecule has 0 unspecified atom stereocenters. The van der Waals surface area contributed by atoms with Crippen LogP contribution in [0.5, 0.6) is 0 Å². The van der Waals surface area contributed by atoms with Gasteiger partial charge in [-0.25, -0.2) is 0 Å². The van der Waals surface area contributed by atoms with Gasteiger partial charge in [0, 0.05) is 0 Å². The zero-order chi connectivity index (χ0) is 11.4. The van der Waals surface area contributed by atoms with Gasteiger partial charge in [0.25, 0.3) is 0 Å². The molecule has 6 nitrogen and oxygen atoms in total. The maximum atomic E-state index is 9.38. The Labute approximate surface area is 95.0 Å². The number of hydrogen-bond donors (Lipinski definition) is 2. The second kappa shape index (κ2) is 5.36. The molecule has 2 rings (SSSR count). The van der Waals surface area contributed by atoms with Gasteiger partial charge in [-0.3, -0.25) is 0 Å². The normalized spacial score (nSPS) is 25.9. The van der Waals surface area contributed by atoms with Crippen molar-refractivity contribution in [3.8, 4) is 0 Å². The van der Waals surface area contributed by atoms with Gasteiger partial charge in [0.2, 0.25) is 0 Å². The third-order valence-electron chi connectivity index (χ3n) is 3.08. The quantitative estimate of drug-likeness (QED) is 0.745. The molecule has 2 N–H and O–H groups in total. The van der Waals surface area contributed by atoms with E-state index in [-0.39, 0.29) is 6.10 Å². The number of aliphatic hydroxyl groups is 1. The lowest BCUT2D eigenvalue weighted by molar-refractivity contribution is 0.108. The summed E-state index contributed by atoms with van der Waals surface area (Å²) in [7, 11) is 1.76. The minimum Gasteiger partial charge on any atom is -0.393 e. The summed E-state index contributed by atoms with van der Waals surface area (Å²) in [5.74, 6) is 1.42. The Morgan fingerprint density at radius 2 is 2.12 bits per heavy atom. The topological polar surface area (TPSA) is 75.9 Å². The molecule has 0 radical (unpaired) electrons. The molecule has 1 aliphatic rings. The second-order valence-corrected chi connectivity index (χ2v) is 4.50. The molecule has 1 aliphatic carbocycles. The van der Waals surface area contributed by atoms with E-state index < -0.39 is 0 Å². The molecular formula is C10H19N5O. The molecule has 1 saturated carbocycles. The third kappa shape index (κ3) is 3.24. The van der Waals surface area contributed by atoms with Gasteiger partial charge in [-0.1, -0.05) is 0 Å². The SMILES string of the molecule is Cn1nnc(CNCC2CCC(O)CC2)n1. The Bertz CT molecular complexity index is 319.